The summed E-state index contributed by atoms with van der Waals surface area (Å²) in [5.74, 6) is -0.635. The van der Waals surface area contributed by atoms with Crippen LogP contribution in [0.15, 0.2) is 0 Å². The smallest absolute Gasteiger partial charge is 0.306 e. The zero-order valence-electron chi connectivity index (χ0n) is 11.4. The Morgan fingerprint density at radius 2 is 2.06 bits per heavy atom. The van der Waals surface area contributed by atoms with Crippen molar-refractivity contribution in [1.82, 2.24) is 0 Å². The molecule has 1 heterocycles. The van der Waals surface area contributed by atoms with Gasteiger partial charge in [0.15, 0.2) is 8.32 Å². The normalized spacial score (nSPS) is 26.1. The van der Waals surface area contributed by atoms with E-state index >= 15 is 0 Å². The summed E-state index contributed by atoms with van der Waals surface area (Å²) < 4.78 is 23.7. The lowest BCUT2D eigenvalue weighted by atomic mass is 10.0. The van der Waals surface area contributed by atoms with Crippen LogP contribution in [0.3, 0.4) is 0 Å². The Labute approximate surface area is 104 Å². The molecule has 1 aliphatic rings. The number of hydrogen-bond acceptors (Lipinski definition) is 3. The minimum atomic E-state index is -1.85. The molecule has 1 rings (SSSR count). The summed E-state index contributed by atoms with van der Waals surface area (Å²) in [6.45, 7) is 10.5. The van der Waals surface area contributed by atoms with Gasteiger partial charge in [-0.2, -0.15) is 0 Å². The standard InChI is InChI=1S/C12H23FO3Si/c1-12(2,3)17(4,5)15-8-10-9(7-13)6-11(14)16-10/h9-10H,6-8H2,1-5H3/t9-,10-/m1/s1. The van der Waals surface area contributed by atoms with E-state index in [2.05, 4.69) is 33.9 Å². The molecular weight excluding hydrogens is 239 g/mol. The number of esters is 1. The van der Waals surface area contributed by atoms with E-state index < -0.39 is 21.1 Å². The van der Waals surface area contributed by atoms with Gasteiger partial charge in [0.25, 0.3) is 0 Å². The molecule has 0 saturated carbocycles. The first-order valence-electron chi connectivity index (χ1n) is 6.07. The summed E-state index contributed by atoms with van der Waals surface area (Å²) in [7, 11) is -1.85. The van der Waals surface area contributed by atoms with Crippen LogP contribution in [-0.4, -0.2) is 33.7 Å². The van der Waals surface area contributed by atoms with Crippen LogP contribution in [0.4, 0.5) is 4.39 Å². The second-order valence-corrected chi connectivity index (χ2v) is 11.0. The Kier molecular flexibility index (Phi) is 4.36. The van der Waals surface area contributed by atoms with Crippen LogP contribution in [0.2, 0.25) is 18.1 Å². The van der Waals surface area contributed by atoms with Gasteiger partial charge in [-0.15, -0.1) is 0 Å². The lowest BCUT2D eigenvalue weighted by Crippen LogP contribution is -2.43. The highest BCUT2D eigenvalue weighted by Gasteiger charge is 2.41. The van der Waals surface area contributed by atoms with Crippen LogP contribution in [0.25, 0.3) is 0 Å². The molecule has 0 aromatic heterocycles. The van der Waals surface area contributed by atoms with Crippen molar-refractivity contribution in [3.8, 4) is 0 Å². The SMILES string of the molecule is CC(C)(C)[Si](C)(C)OC[C@H]1OC(=O)C[C@@H]1CF. The van der Waals surface area contributed by atoms with E-state index in [-0.39, 0.29) is 23.3 Å². The van der Waals surface area contributed by atoms with Crippen LogP contribution < -0.4 is 0 Å². The number of halogens is 1. The van der Waals surface area contributed by atoms with E-state index in [9.17, 15) is 9.18 Å². The third-order valence-corrected chi connectivity index (χ3v) is 8.35. The summed E-state index contributed by atoms with van der Waals surface area (Å²) in [5, 5.41) is 0.112. The van der Waals surface area contributed by atoms with Crippen LogP contribution in [0.1, 0.15) is 27.2 Å². The number of rotatable bonds is 4. The molecule has 0 N–H and O–H groups in total. The highest BCUT2D eigenvalue weighted by Crippen LogP contribution is 2.37. The first kappa shape index (κ1) is 14.6. The molecule has 0 radical (unpaired) electrons. The fourth-order valence-electron chi connectivity index (χ4n) is 1.49. The van der Waals surface area contributed by atoms with E-state index in [0.717, 1.165) is 0 Å². The predicted octanol–water partition coefficient (Wildman–Crippen LogP) is 2.91. The molecule has 17 heavy (non-hydrogen) atoms. The molecule has 0 unspecified atom stereocenters. The molecular formula is C12H23FO3Si. The Hall–Kier alpha value is -0.423. The number of ether oxygens (including phenoxy) is 1. The van der Waals surface area contributed by atoms with E-state index in [1.54, 1.807) is 0 Å². The summed E-state index contributed by atoms with van der Waals surface area (Å²) >= 11 is 0. The Balaban J connectivity index is 2.53. The minimum absolute atomic E-state index is 0.112. The molecule has 0 amide bonds. The van der Waals surface area contributed by atoms with Crippen LogP contribution in [0, 0.1) is 5.92 Å². The molecule has 1 aliphatic heterocycles. The zero-order valence-corrected chi connectivity index (χ0v) is 12.4. The number of carbonyl (C=O) groups excluding carboxylic acids is 1. The third-order valence-electron chi connectivity index (χ3n) is 3.85. The van der Waals surface area contributed by atoms with Crippen molar-refractivity contribution in [2.24, 2.45) is 5.92 Å². The van der Waals surface area contributed by atoms with Crippen molar-refractivity contribution in [3.63, 3.8) is 0 Å². The molecule has 0 spiro atoms. The highest BCUT2D eigenvalue weighted by molar-refractivity contribution is 6.74. The van der Waals surface area contributed by atoms with Crippen LogP contribution >= 0.6 is 0 Å². The van der Waals surface area contributed by atoms with Crippen molar-refractivity contribution in [3.05, 3.63) is 0 Å². The first-order chi connectivity index (χ1) is 7.67. The van der Waals surface area contributed by atoms with Crippen molar-refractivity contribution in [2.75, 3.05) is 13.3 Å². The molecule has 2 atom stereocenters. The van der Waals surface area contributed by atoms with Gasteiger partial charge in [0.05, 0.1) is 19.7 Å². The highest BCUT2D eigenvalue weighted by atomic mass is 28.4. The number of cyclic esters (lactones) is 1. The van der Waals surface area contributed by atoms with Gasteiger partial charge in [-0.05, 0) is 18.1 Å². The second-order valence-electron chi connectivity index (χ2n) is 6.22. The number of alkyl halides is 1. The molecule has 1 fully saturated rings. The number of carbonyl (C=O) groups is 1. The maximum atomic E-state index is 12.7. The monoisotopic (exact) mass is 262 g/mol. The topological polar surface area (TPSA) is 35.5 Å². The number of hydrogen-bond donors (Lipinski definition) is 0. The lowest BCUT2D eigenvalue weighted by Gasteiger charge is -2.37. The average molecular weight is 262 g/mol. The fraction of sp³-hybridized carbons (Fsp3) is 0.917. The maximum Gasteiger partial charge on any atom is 0.306 e. The van der Waals surface area contributed by atoms with Gasteiger partial charge < -0.3 is 9.16 Å². The Morgan fingerprint density at radius 1 is 1.47 bits per heavy atom. The van der Waals surface area contributed by atoms with E-state index in [0.29, 0.717) is 6.61 Å². The summed E-state index contributed by atoms with van der Waals surface area (Å²) in [4.78, 5) is 11.1. The van der Waals surface area contributed by atoms with Crippen molar-refractivity contribution in [2.45, 2.75) is 51.4 Å². The van der Waals surface area contributed by atoms with Crippen molar-refractivity contribution < 1.29 is 18.3 Å². The minimum Gasteiger partial charge on any atom is -0.460 e. The lowest BCUT2D eigenvalue weighted by molar-refractivity contribution is -0.142. The van der Waals surface area contributed by atoms with E-state index in [4.69, 9.17) is 9.16 Å². The van der Waals surface area contributed by atoms with Gasteiger partial charge >= 0.3 is 5.97 Å². The van der Waals surface area contributed by atoms with E-state index in [1.165, 1.54) is 0 Å². The van der Waals surface area contributed by atoms with Crippen molar-refractivity contribution in [1.29, 1.82) is 0 Å². The van der Waals surface area contributed by atoms with Gasteiger partial charge in [-0.3, -0.25) is 9.18 Å². The average Bonchev–Trinajstić information content (AvgIpc) is 2.54. The van der Waals surface area contributed by atoms with Gasteiger partial charge in [-0.1, -0.05) is 20.8 Å². The second kappa shape index (κ2) is 5.06. The summed E-state index contributed by atoms with van der Waals surface area (Å²) in [6, 6.07) is 0. The molecule has 0 bridgehead atoms. The molecule has 3 nitrogen and oxygen atoms in total. The predicted molar refractivity (Wildman–Crippen MR) is 67.1 cm³/mol. The molecule has 0 aromatic rings. The Morgan fingerprint density at radius 3 is 2.53 bits per heavy atom. The van der Waals surface area contributed by atoms with Gasteiger partial charge in [0.2, 0.25) is 0 Å². The quantitative estimate of drug-likeness (QED) is 0.577. The molecule has 5 heteroatoms. The van der Waals surface area contributed by atoms with Crippen molar-refractivity contribution >= 4 is 14.3 Å². The van der Waals surface area contributed by atoms with Crippen LogP contribution in [0.5, 0.6) is 0 Å². The zero-order chi connectivity index (χ0) is 13.3. The van der Waals surface area contributed by atoms with E-state index in [1.807, 2.05) is 0 Å². The largest absolute Gasteiger partial charge is 0.460 e. The molecule has 0 aromatic carbocycles. The molecule has 1 saturated heterocycles. The van der Waals surface area contributed by atoms with Gasteiger partial charge in [0.1, 0.15) is 6.10 Å². The maximum absolute atomic E-state index is 12.7. The van der Waals surface area contributed by atoms with Gasteiger partial charge in [0, 0.05) is 5.92 Å². The Bertz CT molecular complexity index is 286. The third kappa shape index (κ3) is 3.52. The van der Waals surface area contributed by atoms with Crippen LogP contribution in [-0.2, 0) is 14.0 Å². The molecule has 0 aliphatic carbocycles. The first-order valence-corrected chi connectivity index (χ1v) is 8.97. The van der Waals surface area contributed by atoms with Gasteiger partial charge in [-0.25, -0.2) is 0 Å². The summed E-state index contributed by atoms with van der Waals surface area (Å²) in [5.41, 5.74) is 0. The molecule has 100 valence electrons. The summed E-state index contributed by atoms with van der Waals surface area (Å²) in [6.07, 6.45) is -0.219. The fourth-order valence-corrected chi connectivity index (χ4v) is 2.50.